The molecular weight excluding hydrogens is 424 g/mol. The van der Waals surface area contributed by atoms with Crippen molar-refractivity contribution in [2.24, 2.45) is 0 Å². The molecule has 1 fully saturated rings. The molecule has 1 aromatic heterocycles. The Balaban J connectivity index is 1.86. The highest BCUT2D eigenvalue weighted by atomic mass is 16.6. The summed E-state index contributed by atoms with van der Waals surface area (Å²) in [5, 5.41) is 19.6. The van der Waals surface area contributed by atoms with Crippen LogP contribution in [0.1, 0.15) is 47.1 Å². The van der Waals surface area contributed by atoms with E-state index in [1.165, 1.54) is 4.68 Å². The van der Waals surface area contributed by atoms with Crippen molar-refractivity contribution in [2.45, 2.75) is 38.4 Å². The fraction of sp³-hybridized carbons (Fsp3) is 0.333. The van der Waals surface area contributed by atoms with Crippen molar-refractivity contribution in [1.29, 1.82) is 0 Å². The summed E-state index contributed by atoms with van der Waals surface area (Å²) in [6.07, 6.45) is 0.183. The van der Waals surface area contributed by atoms with Gasteiger partial charge in [0, 0.05) is 23.6 Å². The minimum atomic E-state index is -0.778. The number of hydrogen-bond donors (Lipinski definition) is 1. The van der Waals surface area contributed by atoms with Crippen LogP contribution in [-0.4, -0.2) is 34.7 Å². The Morgan fingerprint density at radius 2 is 1.61 bits per heavy atom. The largest absolute Gasteiger partial charge is 0.496 e. The van der Waals surface area contributed by atoms with Crippen LogP contribution in [0.15, 0.2) is 48.5 Å². The van der Waals surface area contributed by atoms with Gasteiger partial charge in [-0.15, -0.1) is 0 Å². The van der Waals surface area contributed by atoms with Crippen LogP contribution in [0.5, 0.6) is 11.5 Å². The van der Waals surface area contributed by atoms with Crippen molar-refractivity contribution in [3.63, 3.8) is 0 Å². The average Bonchev–Trinajstić information content (AvgIpc) is 3.11. The van der Waals surface area contributed by atoms with Crippen LogP contribution >= 0.6 is 0 Å². The second kappa shape index (κ2) is 9.03. The quantitative estimate of drug-likeness (QED) is 0.446. The van der Waals surface area contributed by atoms with Gasteiger partial charge in [0.05, 0.1) is 25.2 Å². The molecule has 9 nitrogen and oxygen atoms in total. The van der Waals surface area contributed by atoms with E-state index in [0.29, 0.717) is 17.2 Å². The van der Waals surface area contributed by atoms with E-state index in [9.17, 15) is 14.9 Å². The number of aromatic nitrogens is 2. The third kappa shape index (κ3) is 3.95. The first-order chi connectivity index (χ1) is 15.9. The van der Waals surface area contributed by atoms with Gasteiger partial charge in [0.1, 0.15) is 28.9 Å². The van der Waals surface area contributed by atoms with Gasteiger partial charge in [-0.1, -0.05) is 36.4 Å². The molecule has 2 heterocycles. The molecular formula is C24H26N4O5. The number of ether oxygens (including phenoxy) is 2. The lowest BCUT2D eigenvalue weighted by molar-refractivity contribution is -0.386. The van der Waals surface area contributed by atoms with E-state index in [1.54, 1.807) is 28.1 Å². The molecule has 3 aromatic rings. The Labute approximate surface area is 191 Å². The second-order valence-electron chi connectivity index (χ2n) is 8.02. The lowest BCUT2D eigenvalue weighted by Gasteiger charge is -2.38. The van der Waals surface area contributed by atoms with Gasteiger partial charge < -0.3 is 14.8 Å². The van der Waals surface area contributed by atoms with Crippen LogP contribution in [0.4, 0.5) is 5.69 Å². The van der Waals surface area contributed by atoms with Crippen LogP contribution < -0.4 is 14.8 Å². The van der Waals surface area contributed by atoms with Crippen molar-refractivity contribution < 1.29 is 19.2 Å². The number of methoxy groups -OCH3 is 2. The average molecular weight is 450 g/mol. The molecule has 1 saturated heterocycles. The molecule has 0 spiro atoms. The van der Waals surface area contributed by atoms with E-state index in [0.717, 1.165) is 11.1 Å². The highest BCUT2D eigenvalue weighted by Gasteiger charge is 2.43. The molecule has 0 bridgehead atoms. The van der Waals surface area contributed by atoms with Crippen molar-refractivity contribution in [2.75, 3.05) is 14.2 Å². The maximum Gasteiger partial charge on any atom is 0.312 e. The van der Waals surface area contributed by atoms with Gasteiger partial charge in [-0.05, 0) is 26.0 Å². The maximum atomic E-state index is 13.7. The summed E-state index contributed by atoms with van der Waals surface area (Å²) in [5.74, 6) is 1.22. The monoisotopic (exact) mass is 450 g/mol. The number of ketones is 1. The summed E-state index contributed by atoms with van der Waals surface area (Å²) in [4.78, 5) is 24.8. The molecule has 2 aromatic carbocycles. The number of piperidine rings is 1. The van der Waals surface area contributed by atoms with Crippen molar-refractivity contribution in [1.82, 2.24) is 15.1 Å². The first-order valence-electron chi connectivity index (χ1n) is 10.6. The summed E-state index contributed by atoms with van der Waals surface area (Å²) >= 11 is 0. The van der Waals surface area contributed by atoms with Crippen LogP contribution in [0.25, 0.3) is 0 Å². The first-order valence-corrected chi connectivity index (χ1v) is 10.6. The van der Waals surface area contributed by atoms with Crippen molar-refractivity contribution in [3.8, 4) is 11.5 Å². The molecule has 0 aliphatic carbocycles. The Kier molecular flexibility index (Phi) is 6.15. The predicted molar refractivity (Wildman–Crippen MR) is 122 cm³/mol. The molecule has 3 atom stereocenters. The van der Waals surface area contributed by atoms with E-state index >= 15 is 0 Å². The first kappa shape index (κ1) is 22.5. The van der Waals surface area contributed by atoms with Crippen LogP contribution in [0, 0.1) is 24.0 Å². The fourth-order valence-corrected chi connectivity index (χ4v) is 4.68. The van der Waals surface area contributed by atoms with E-state index < -0.39 is 17.0 Å². The Morgan fingerprint density at radius 1 is 1.03 bits per heavy atom. The minimum Gasteiger partial charge on any atom is -0.496 e. The summed E-state index contributed by atoms with van der Waals surface area (Å²) < 4.78 is 12.6. The normalized spacial score (nSPS) is 20.5. The molecule has 9 heteroatoms. The minimum absolute atomic E-state index is 0.0755. The van der Waals surface area contributed by atoms with E-state index in [4.69, 9.17) is 9.47 Å². The summed E-state index contributed by atoms with van der Waals surface area (Å²) in [6, 6.07) is 13.4. The molecule has 33 heavy (non-hydrogen) atoms. The molecule has 0 amide bonds. The maximum absolute atomic E-state index is 13.7. The van der Waals surface area contributed by atoms with Gasteiger partial charge in [0.2, 0.25) is 0 Å². The SMILES string of the molecule is COc1ccccc1[C@@H]1CC(=O)[C@@H](n2nc(C)c([N+](=O)[O-])c2C)[C@H](c2ccccc2OC)N1. The van der Waals surface area contributed by atoms with Crippen LogP contribution in [0.2, 0.25) is 0 Å². The lowest BCUT2D eigenvalue weighted by Crippen LogP contribution is -2.44. The topological polar surface area (TPSA) is 109 Å². The van der Waals surface area contributed by atoms with Crippen molar-refractivity contribution in [3.05, 3.63) is 81.2 Å². The Morgan fingerprint density at radius 3 is 2.18 bits per heavy atom. The number of nitro groups is 1. The molecule has 0 unspecified atom stereocenters. The molecule has 1 N–H and O–H groups in total. The van der Waals surface area contributed by atoms with Crippen molar-refractivity contribution >= 4 is 11.5 Å². The molecule has 0 saturated carbocycles. The van der Waals surface area contributed by atoms with Gasteiger partial charge in [0.25, 0.3) is 0 Å². The molecule has 0 radical (unpaired) electrons. The van der Waals surface area contributed by atoms with E-state index in [-0.39, 0.29) is 29.6 Å². The van der Waals surface area contributed by atoms with Gasteiger partial charge >= 0.3 is 5.69 Å². The number of carbonyl (C=O) groups is 1. The third-order valence-corrected chi connectivity index (χ3v) is 6.15. The Bertz CT molecular complexity index is 1210. The fourth-order valence-electron chi connectivity index (χ4n) is 4.68. The predicted octanol–water partition coefficient (Wildman–Crippen LogP) is 4.01. The molecule has 1 aliphatic rings. The summed E-state index contributed by atoms with van der Waals surface area (Å²) in [6.45, 7) is 3.20. The van der Waals surface area contributed by atoms with Gasteiger partial charge in [-0.3, -0.25) is 14.9 Å². The number of nitrogens with zero attached hydrogens (tertiary/aromatic N) is 3. The number of carbonyl (C=O) groups excluding carboxylic acids is 1. The van der Waals surface area contributed by atoms with E-state index in [1.807, 2.05) is 48.5 Å². The number of aryl methyl sites for hydroxylation is 1. The lowest BCUT2D eigenvalue weighted by atomic mass is 9.84. The zero-order valence-corrected chi connectivity index (χ0v) is 18.9. The Hall–Kier alpha value is -3.72. The zero-order chi connectivity index (χ0) is 23.7. The van der Waals surface area contributed by atoms with Gasteiger partial charge in [-0.2, -0.15) is 5.10 Å². The van der Waals surface area contributed by atoms with Crippen LogP contribution in [0.3, 0.4) is 0 Å². The van der Waals surface area contributed by atoms with E-state index in [2.05, 4.69) is 10.4 Å². The number of nitrogens with one attached hydrogen (secondary N) is 1. The second-order valence-corrected chi connectivity index (χ2v) is 8.02. The third-order valence-electron chi connectivity index (χ3n) is 6.15. The van der Waals surface area contributed by atoms with Gasteiger partial charge in [-0.25, -0.2) is 4.68 Å². The number of Topliss-reactive ketones (excluding diaryl/α,β-unsaturated/α-hetero) is 1. The molecule has 172 valence electrons. The number of para-hydroxylation sites is 2. The molecule has 4 rings (SSSR count). The van der Waals surface area contributed by atoms with Crippen LogP contribution in [-0.2, 0) is 4.79 Å². The molecule has 1 aliphatic heterocycles. The smallest absolute Gasteiger partial charge is 0.312 e. The summed E-state index contributed by atoms with van der Waals surface area (Å²) in [7, 11) is 3.17. The standard InChI is InChI=1S/C24H26N4O5/c1-14-23(28(30)31)15(2)27(26-14)24-19(29)13-18(16-9-5-7-11-20(16)32-3)25-22(24)17-10-6-8-12-21(17)33-4/h5-12,18,22,24-25H,13H2,1-4H3/t18-,22-,24+/m0/s1. The number of benzene rings is 2. The highest BCUT2D eigenvalue weighted by Crippen LogP contribution is 2.43. The number of hydrogen-bond acceptors (Lipinski definition) is 7. The number of rotatable bonds is 6. The summed E-state index contributed by atoms with van der Waals surface area (Å²) in [5.41, 5.74) is 2.18. The highest BCUT2D eigenvalue weighted by molar-refractivity contribution is 5.86. The zero-order valence-electron chi connectivity index (χ0n) is 18.9. The van der Waals surface area contributed by atoms with Gasteiger partial charge in [0.15, 0.2) is 5.78 Å².